The fraction of sp³-hybridized carbons (Fsp3) is 0.440. The first-order valence-electron chi connectivity index (χ1n) is 11.0. The third-order valence-corrected chi connectivity index (χ3v) is 8.99. The van der Waals surface area contributed by atoms with Crippen LogP contribution in [0.1, 0.15) is 43.7 Å². The van der Waals surface area contributed by atoms with Gasteiger partial charge in [-0.25, -0.2) is 8.42 Å². The van der Waals surface area contributed by atoms with Crippen molar-refractivity contribution in [2.75, 3.05) is 24.5 Å². The molecule has 0 spiro atoms. The van der Waals surface area contributed by atoms with Crippen LogP contribution in [0, 0.1) is 12.3 Å². The van der Waals surface area contributed by atoms with Crippen molar-refractivity contribution in [3.8, 4) is 0 Å². The first-order valence-corrected chi connectivity index (χ1v) is 12.4. The number of hydrogen-bond donors (Lipinski definition) is 0. The highest BCUT2D eigenvalue weighted by molar-refractivity contribution is 7.89. The van der Waals surface area contributed by atoms with E-state index in [0.717, 1.165) is 24.9 Å². The van der Waals surface area contributed by atoms with Crippen LogP contribution in [-0.2, 0) is 10.0 Å². The van der Waals surface area contributed by atoms with Gasteiger partial charge in [0.1, 0.15) is 0 Å². The molecule has 0 N–H and O–H groups in total. The smallest absolute Gasteiger partial charge is 0.243 e. The summed E-state index contributed by atoms with van der Waals surface area (Å²) in [4.78, 5) is 2.88. The molecule has 2 aromatic rings. The number of aryl methyl sites for hydroxylation is 1. The lowest BCUT2D eigenvalue weighted by molar-refractivity contribution is 0.287. The molecule has 0 aromatic heterocycles. The first kappa shape index (κ1) is 19.8. The van der Waals surface area contributed by atoms with E-state index in [9.17, 15) is 8.42 Å². The molecule has 1 aliphatic carbocycles. The van der Waals surface area contributed by atoms with E-state index in [1.165, 1.54) is 16.8 Å². The lowest BCUT2D eigenvalue weighted by atomic mass is 9.81. The second kappa shape index (κ2) is 6.96. The molecule has 158 valence electrons. The van der Waals surface area contributed by atoms with E-state index in [1.54, 1.807) is 16.4 Å². The van der Waals surface area contributed by atoms with Crippen molar-refractivity contribution in [1.82, 2.24) is 4.31 Å². The van der Waals surface area contributed by atoms with Gasteiger partial charge in [0.15, 0.2) is 0 Å². The molecule has 2 heterocycles. The van der Waals surface area contributed by atoms with E-state index in [-0.39, 0.29) is 5.41 Å². The van der Waals surface area contributed by atoms with Gasteiger partial charge in [-0.1, -0.05) is 67.8 Å². The third kappa shape index (κ3) is 2.86. The predicted molar refractivity (Wildman–Crippen MR) is 121 cm³/mol. The Bertz CT molecular complexity index is 1110. The zero-order chi connectivity index (χ0) is 21.1. The van der Waals surface area contributed by atoms with Crippen molar-refractivity contribution in [1.29, 1.82) is 0 Å². The van der Waals surface area contributed by atoms with Crippen molar-refractivity contribution in [2.45, 2.75) is 50.5 Å². The Labute approximate surface area is 180 Å². The zero-order valence-electron chi connectivity index (χ0n) is 18.0. The zero-order valence-corrected chi connectivity index (χ0v) is 18.8. The van der Waals surface area contributed by atoms with Crippen LogP contribution in [0.4, 0.5) is 5.69 Å². The molecule has 2 aromatic carbocycles. The van der Waals surface area contributed by atoms with E-state index in [2.05, 4.69) is 49.1 Å². The molecule has 30 heavy (non-hydrogen) atoms. The van der Waals surface area contributed by atoms with Crippen molar-refractivity contribution in [3.63, 3.8) is 0 Å². The Morgan fingerprint density at radius 1 is 1.07 bits per heavy atom. The van der Waals surface area contributed by atoms with Crippen LogP contribution in [0.2, 0.25) is 0 Å². The summed E-state index contributed by atoms with van der Waals surface area (Å²) in [5.41, 5.74) is 5.05. The van der Waals surface area contributed by atoms with E-state index < -0.39 is 10.0 Å². The number of benzene rings is 2. The average molecular weight is 423 g/mol. The Morgan fingerprint density at radius 2 is 1.80 bits per heavy atom. The lowest BCUT2D eigenvalue weighted by Crippen LogP contribution is -2.45. The predicted octanol–water partition coefficient (Wildman–Crippen LogP) is 4.72. The number of para-hydroxylation sites is 1. The molecule has 3 atom stereocenters. The molecule has 4 nitrogen and oxygen atoms in total. The van der Waals surface area contributed by atoms with Gasteiger partial charge in [0.05, 0.1) is 4.90 Å². The van der Waals surface area contributed by atoms with E-state index in [4.69, 9.17) is 0 Å². The van der Waals surface area contributed by atoms with Gasteiger partial charge < -0.3 is 4.90 Å². The van der Waals surface area contributed by atoms with Gasteiger partial charge in [-0.05, 0) is 37.1 Å². The summed E-state index contributed by atoms with van der Waals surface area (Å²) in [6.07, 6.45) is 4.60. The van der Waals surface area contributed by atoms with Gasteiger partial charge in [0, 0.05) is 42.7 Å². The van der Waals surface area contributed by atoms with Gasteiger partial charge in [-0.3, -0.25) is 0 Å². The normalized spacial score (nSPS) is 28.1. The van der Waals surface area contributed by atoms with Gasteiger partial charge in [0.2, 0.25) is 10.0 Å². The number of rotatable bonds is 4. The van der Waals surface area contributed by atoms with Gasteiger partial charge in [0.25, 0.3) is 0 Å². The number of anilines is 1. The summed E-state index contributed by atoms with van der Waals surface area (Å²) in [6, 6.07) is 16.3. The summed E-state index contributed by atoms with van der Waals surface area (Å²) in [5, 5.41) is 0. The number of hydrogen-bond acceptors (Lipinski definition) is 3. The van der Waals surface area contributed by atoms with Crippen LogP contribution < -0.4 is 4.90 Å². The molecule has 3 aliphatic rings. The maximum Gasteiger partial charge on any atom is 0.243 e. The van der Waals surface area contributed by atoms with E-state index in [0.29, 0.717) is 29.9 Å². The van der Waals surface area contributed by atoms with Gasteiger partial charge in [-0.15, -0.1) is 0 Å². The molecular formula is C25H30N2O2S. The number of nitrogens with zero attached hydrogens (tertiary/aromatic N) is 2. The van der Waals surface area contributed by atoms with Crippen molar-refractivity contribution in [2.24, 2.45) is 5.41 Å². The minimum absolute atomic E-state index is 0.206. The van der Waals surface area contributed by atoms with Crippen molar-refractivity contribution in [3.05, 3.63) is 71.3 Å². The molecule has 5 rings (SSSR count). The Kier molecular flexibility index (Phi) is 4.60. The monoisotopic (exact) mass is 422 g/mol. The summed E-state index contributed by atoms with van der Waals surface area (Å²) in [7, 11) is -3.53. The largest absolute Gasteiger partial charge is 0.365 e. The summed E-state index contributed by atoms with van der Waals surface area (Å²) < 4.78 is 28.8. The quantitative estimate of drug-likeness (QED) is 0.670. The van der Waals surface area contributed by atoms with Gasteiger partial charge in [-0.2, -0.15) is 4.31 Å². The summed E-state index contributed by atoms with van der Waals surface area (Å²) in [5.74, 6) is 0.383. The summed E-state index contributed by atoms with van der Waals surface area (Å²) >= 11 is 0. The standard InChI is InChI=1S/C25H30N2O2S/c1-4-7-19-16-25(3)17-26(30(28,29)20-12-10-18(2)11-13-20)14-15-27-22-9-6-5-8-21(22)23(19)24(25)27/h5-6,8-13,16,23-24H,4,7,14-15,17H2,1-3H3/t23?,24?,25-/m1/s1. The molecule has 0 radical (unpaired) electrons. The highest BCUT2D eigenvalue weighted by Crippen LogP contribution is 2.58. The maximum absolute atomic E-state index is 13.5. The Hall–Kier alpha value is -2.11. The van der Waals surface area contributed by atoms with Crippen molar-refractivity contribution >= 4 is 15.7 Å². The van der Waals surface area contributed by atoms with Gasteiger partial charge >= 0.3 is 0 Å². The topological polar surface area (TPSA) is 40.6 Å². The maximum atomic E-state index is 13.5. The summed E-state index contributed by atoms with van der Waals surface area (Å²) in [6.45, 7) is 8.24. The van der Waals surface area contributed by atoms with Crippen LogP contribution >= 0.6 is 0 Å². The highest BCUT2D eigenvalue weighted by Gasteiger charge is 2.55. The molecule has 2 unspecified atom stereocenters. The lowest BCUT2D eigenvalue weighted by Gasteiger charge is -2.36. The number of sulfonamides is 1. The van der Waals surface area contributed by atoms with Crippen LogP contribution in [0.15, 0.2) is 65.1 Å². The fourth-order valence-corrected chi connectivity index (χ4v) is 7.46. The van der Waals surface area contributed by atoms with Crippen molar-refractivity contribution < 1.29 is 8.42 Å². The first-order chi connectivity index (χ1) is 14.3. The minimum Gasteiger partial charge on any atom is -0.365 e. The van der Waals surface area contributed by atoms with E-state index >= 15 is 0 Å². The molecule has 1 fully saturated rings. The Balaban J connectivity index is 1.58. The highest BCUT2D eigenvalue weighted by atomic mass is 32.2. The third-order valence-electron chi connectivity index (χ3n) is 7.13. The second-order valence-electron chi connectivity index (χ2n) is 9.30. The van der Waals surface area contributed by atoms with E-state index in [1.807, 2.05) is 19.1 Å². The van der Waals surface area contributed by atoms with Crippen LogP contribution in [0.25, 0.3) is 0 Å². The van der Waals surface area contributed by atoms with Crippen LogP contribution in [-0.4, -0.2) is 38.4 Å². The Morgan fingerprint density at radius 3 is 2.53 bits per heavy atom. The molecule has 0 saturated carbocycles. The number of fused-ring (bicyclic) bond motifs is 3. The molecule has 2 aliphatic heterocycles. The molecule has 0 amide bonds. The average Bonchev–Trinajstić information content (AvgIpc) is 3.14. The molecular weight excluding hydrogens is 392 g/mol. The molecule has 0 bridgehead atoms. The van der Waals surface area contributed by atoms with Crippen LogP contribution in [0.5, 0.6) is 0 Å². The van der Waals surface area contributed by atoms with Crippen LogP contribution in [0.3, 0.4) is 0 Å². The fourth-order valence-electron chi connectivity index (χ4n) is 5.91. The molecule has 1 saturated heterocycles. The second-order valence-corrected chi connectivity index (χ2v) is 11.2. The minimum atomic E-state index is -3.53. The SMILES string of the molecule is CCCC1=C[C@]2(C)CN(S(=O)(=O)c3ccc(C)cc3)CCN3c4ccccc4C1C32. The molecule has 5 heteroatoms.